The van der Waals surface area contributed by atoms with E-state index in [-0.39, 0.29) is 6.54 Å². The Morgan fingerprint density at radius 3 is 2.64 bits per heavy atom. The maximum atomic E-state index is 13.5. The Balaban J connectivity index is 1.67. The van der Waals surface area contributed by atoms with Crippen LogP contribution in [0.2, 0.25) is 0 Å². The highest BCUT2D eigenvalue weighted by Crippen LogP contribution is 2.11. The molecule has 2 heterocycles. The van der Waals surface area contributed by atoms with E-state index in [1.807, 2.05) is 24.4 Å². The van der Waals surface area contributed by atoms with Crippen LogP contribution in [-0.4, -0.2) is 27.0 Å². The SMILES string of the molecule is O=C(NCCc1nnc2ccccn12)c1c(F)cccc1F. The lowest BCUT2D eigenvalue weighted by Crippen LogP contribution is -2.28. The number of nitrogens with one attached hydrogen (secondary N) is 1. The van der Waals surface area contributed by atoms with Crippen molar-refractivity contribution in [3.8, 4) is 0 Å². The summed E-state index contributed by atoms with van der Waals surface area (Å²) in [7, 11) is 0. The molecule has 22 heavy (non-hydrogen) atoms. The number of benzene rings is 1. The molecule has 0 unspecified atom stereocenters. The predicted octanol–water partition coefficient (Wildman–Crippen LogP) is 1.98. The first-order valence-corrected chi connectivity index (χ1v) is 6.67. The largest absolute Gasteiger partial charge is 0.351 e. The second kappa shape index (κ2) is 5.88. The second-order valence-corrected chi connectivity index (χ2v) is 4.65. The van der Waals surface area contributed by atoms with Gasteiger partial charge in [0.15, 0.2) is 5.65 Å². The summed E-state index contributed by atoms with van der Waals surface area (Å²) in [6, 6.07) is 8.80. The van der Waals surface area contributed by atoms with Gasteiger partial charge < -0.3 is 5.32 Å². The van der Waals surface area contributed by atoms with E-state index in [0.29, 0.717) is 17.9 Å². The summed E-state index contributed by atoms with van der Waals surface area (Å²) < 4.78 is 28.8. The van der Waals surface area contributed by atoms with Crippen molar-refractivity contribution in [1.29, 1.82) is 0 Å². The van der Waals surface area contributed by atoms with Gasteiger partial charge in [0.2, 0.25) is 0 Å². The van der Waals surface area contributed by atoms with Gasteiger partial charge in [0, 0.05) is 19.2 Å². The lowest BCUT2D eigenvalue weighted by atomic mass is 10.2. The minimum atomic E-state index is -0.884. The number of fused-ring (bicyclic) bond motifs is 1. The molecule has 0 fully saturated rings. The number of halogens is 2. The minimum Gasteiger partial charge on any atom is -0.351 e. The third-order valence-electron chi connectivity index (χ3n) is 3.21. The van der Waals surface area contributed by atoms with Gasteiger partial charge in [0.25, 0.3) is 5.91 Å². The lowest BCUT2D eigenvalue weighted by Gasteiger charge is -2.06. The molecule has 3 aromatic rings. The molecule has 1 N–H and O–H groups in total. The molecular weight excluding hydrogens is 290 g/mol. The van der Waals surface area contributed by atoms with E-state index in [1.165, 1.54) is 6.07 Å². The number of aromatic nitrogens is 3. The molecule has 0 saturated carbocycles. The van der Waals surface area contributed by atoms with Crippen molar-refractivity contribution in [3.05, 3.63) is 65.6 Å². The van der Waals surface area contributed by atoms with Crippen molar-refractivity contribution >= 4 is 11.6 Å². The van der Waals surface area contributed by atoms with Gasteiger partial charge in [-0.05, 0) is 24.3 Å². The highest BCUT2D eigenvalue weighted by atomic mass is 19.1. The number of pyridine rings is 1. The first-order chi connectivity index (χ1) is 10.7. The smallest absolute Gasteiger partial charge is 0.257 e. The summed E-state index contributed by atoms with van der Waals surface area (Å²) in [4.78, 5) is 11.8. The summed E-state index contributed by atoms with van der Waals surface area (Å²) in [5, 5.41) is 10.5. The van der Waals surface area contributed by atoms with Crippen molar-refractivity contribution in [2.24, 2.45) is 0 Å². The Labute approximate surface area is 124 Å². The van der Waals surface area contributed by atoms with E-state index in [1.54, 1.807) is 4.40 Å². The minimum absolute atomic E-state index is 0.197. The number of nitrogens with zero attached hydrogens (tertiary/aromatic N) is 3. The average Bonchev–Trinajstić information content (AvgIpc) is 2.91. The molecule has 1 amide bonds. The summed E-state index contributed by atoms with van der Waals surface area (Å²) >= 11 is 0. The molecule has 112 valence electrons. The fourth-order valence-corrected chi connectivity index (χ4v) is 2.15. The quantitative estimate of drug-likeness (QED) is 0.801. The summed E-state index contributed by atoms with van der Waals surface area (Å²) in [6.45, 7) is 0.197. The number of carbonyl (C=O) groups excluding carboxylic acids is 1. The highest BCUT2D eigenvalue weighted by Gasteiger charge is 2.16. The number of rotatable bonds is 4. The molecule has 0 radical (unpaired) electrons. The fourth-order valence-electron chi connectivity index (χ4n) is 2.15. The molecule has 0 aliphatic carbocycles. The molecule has 7 heteroatoms. The molecule has 1 aromatic carbocycles. The molecule has 5 nitrogen and oxygen atoms in total. The Morgan fingerprint density at radius 2 is 1.86 bits per heavy atom. The van der Waals surface area contributed by atoms with Gasteiger partial charge in [-0.1, -0.05) is 12.1 Å². The molecule has 2 aromatic heterocycles. The zero-order chi connectivity index (χ0) is 15.5. The second-order valence-electron chi connectivity index (χ2n) is 4.65. The molecule has 0 aliphatic rings. The van der Waals surface area contributed by atoms with Crippen molar-refractivity contribution in [1.82, 2.24) is 19.9 Å². The van der Waals surface area contributed by atoms with Crippen LogP contribution >= 0.6 is 0 Å². The monoisotopic (exact) mass is 302 g/mol. The van der Waals surface area contributed by atoms with Crippen LogP contribution in [0.25, 0.3) is 5.65 Å². The molecule has 3 rings (SSSR count). The van der Waals surface area contributed by atoms with Crippen molar-refractivity contribution in [2.75, 3.05) is 6.54 Å². The molecule has 0 spiro atoms. The van der Waals surface area contributed by atoms with Crippen LogP contribution in [0.4, 0.5) is 8.78 Å². The molecular formula is C15H12F2N4O. The van der Waals surface area contributed by atoms with Crippen LogP contribution in [-0.2, 0) is 6.42 Å². The van der Waals surface area contributed by atoms with Crippen LogP contribution in [0.1, 0.15) is 16.2 Å². The average molecular weight is 302 g/mol. The Bertz CT molecular complexity index is 811. The number of carbonyl (C=O) groups is 1. The first-order valence-electron chi connectivity index (χ1n) is 6.67. The van der Waals surface area contributed by atoms with Gasteiger partial charge in [-0.25, -0.2) is 8.78 Å². The predicted molar refractivity (Wildman–Crippen MR) is 75.4 cm³/mol. The van der Waals surface area contributed by atoms with Gasteiger partial charge >= 0.3 is 0 Å². The van der Waals surface area contributed by atoms with E-state index in [9.17, 15) is 13.6 Å². The standard InChI is InChI=1S/C15H12F2N4O/c16-10-4-3-5-11(17)14(10)15(22)18-8-7-13-20-19-12-6-1-2-9-21(12)13/h1-6,9H,7-8H2,(H,18,22). The molecule has 0 aliphatic heterocycles. The van der Waals surface area contributed by atoms with Crippen molar-refractivity contribution < 1.29 is 13.6 Å². The Hall–Kier alpha value is -2.83. The number of hydrogen-bond donors (Lipinski definition) is 1. The molecule has 0 bridgehead atoms. The number of hydrogen-bond acceptors (Lipinski definition) is 3. The lowest BCUT2D eigenvalue weighted by molar-refractivity contribution is 0.0945. The van der Waals surface area contributed by atoms with Gasteiger partial charge in [0.05, 0.1) is 0 Å². The van der Waals surface area contributed by atoms with Gasteiger partial charge in [-0.2, -0.15) is 0 Å². The highest BCUT2D eigenvalue weighted by molar-refractivity contribution is 5.94. The van der Waals surface area contributed by atoms with Crippen LogP contribution in [0, 0.1) is 11.6 Å². The van der Waals surface area contributed by atoms with E-state index in [2.05, 4.69) is 15.5 Å². The van der Waals surface area contributed by atoms with Crippen molar-refractivity contribution in [2.45, 2.75) is 6.42 Å². The van der Waals surface area contributed by atoms with Crippen molar-refractivity contribution in [3.63, 3.8) is 0 Å². The van der Waals surface area contributed by atoms with E-state index >= 15 is 0 Å². The maximum Gasteiger partial charge on any atom is 0.257 e. The normalized spacial score (nSPS) is 10.8. The maximum absolute atomic E-state index is 13.5. The first kappa shape index (κ1) is 14.1. The van der Waals surface area contributed by atoms with Gasteiger partial charge in [-0.15, -0.1) is 10.2 Å². The fraction of sp³-hybridized carbons (Fsp3) is 0.133. The third-order valence-corrected chi connectivity index (χ3v) is 3.21. The van der Waals surface area contributed by atoms with E-state index in [0.717, 1.165) is 12.1 Å². The van der Waals surface area contributed by atoms with Crippen LogP contribution < -0.4 is 5.32 Å². The molecule has 0 saturated heterocycles. The van der Waals surface area contributed by atoms with Gasteiger partial charge in [-0.3, -0.25) is 9.20 Å². The van der Waals surface area contributed by atoms with Crippen LogP contribution in [0.3, 0.4) is 0 Å². The van der Waals surface area contributed by atoms with E-state index < -0.39 is 23.1 Å². The Kier molecular flexibility index (Phi) is 3.78. The van der Waals surface area contributed by atoms with Crippen LogP contribution in [0.15, 0.2) is 42.6 Å². The van der Waals surface area contributed by atoms with Gasteiger partial charge in [0.1, 0.15) is 23.0 Å². The zero-order valence-corrected chi connectivity index (χ0v) is 11.5. The third kappa shape index (κ3) is 2.65. The Morgan fingerprint density at radius 1 is 1.09 bits per heavy atom. The summed E-state index contributed by atoms with van der Waals surface area (Å²) in [5.74, 6) is -1.90. The topological polar surface area (TPSA) is 59.3 Å². The van der Waals surface area contributed by atoms with Crippen LogP contribution in [0.5, 0.6) is 0 Å². The van der Waals surface area contributed by atoms with E-state index in [4.69, 9.17) is 0 Å². The number of amides is 1. The molecule has 0 atom stereocenters. The summed E-state index contributed by atoms with van der Waals surface area (Å²) in [6.07, 6.45) is 2.20. The zero-order valence-electron chi connectivity index (χ0n) is 11.5. The summed E-state index contributed by atoms with van der Waals surface area (Å²) in [5.41, 5.74) is 0.123.